The molecule has 112 valence electrons. The Balaban J connectivity index is 1.75. The first kappa shape index (κ1) is 14.8. The maximum Gasteiger partial charge on any atom is 0.131 e. The van der Waals surface area contributed by atoms with Crippen molar-refractivity contribution in [2.45, 2.75) is 0 Å². The number of benzene rings is 1. The number of nitrogens with zero attached hydrogens (tertiary/aromatic N) is 3. The van der Waals surface area contributed by atoms with Crippen LogP contribution in [0.1, 0.15) is 0 Å². The molecule has 0 atom stereocenters. The van der Waals surface area contributed by atoms with Crippen molar-refractivity contribution in [3.63, 3.8) is 0 Å². The van der Waals surface area contributed by atoms with Gasteiger partial charge in [-0.15, -0.1) is 0 Å². The minimum Gasteiger partial charge on any atom is -0.395 e. The van der Waals surface area contributed by atoms with Gasteiger partial charge in [0.05, 0.1) is 6.61 Å². The van der Waals surface area contributed by atoms with Gasteiger partial charge in [0.1, 0.15) is 15.7 Å². The summed E-state index contributed by atoms with van der Waals surface area (Å²) in [6.07, 6.45) is 0. The number of anilines is 1. The molecule has 2 aromatic rings. The topological polar surface area (TPSA) is 39.6 Å². The minimum atomic E-state index is 0.222. The molecule has 1 N–H and O–H groups in total. The summed E-state index contributed by atoms with van der Waals surface area (Å²) in [7, 11) is 0. The molecular formula is C15H18ClN3OS. The lowest BCUT2D eigenvalue weighted by Crippen LogP contribution is -2.47. The highest BCUT2D eigenvalue weighted by Gasteiger charge is 2.22. The number of aliphatic hydroxyl groups is 1. The van der Waals surface area contributed by atoms with Crippen LogP contribution in [0.25, 0.3) is 11.3 Å². The first-order valence-corrected chi connectivity index (χ1v) is 8.23. The molecule has 1 aromatic heterocycles. The summed E-state index contributed by atoms with van der Waals surface area (Å²) >= 11 is 8.01. The number of rotatable bonds is 4. The maximum atomic E-state index is 8.99. The van der Waals surface area contributed by atoms with E-state index >= 15 is 0 Å². The van der Waals surface area contributed by atoms with Crippen molar-refractivity contribution in [3.05, 3.63) is 35.4 Å². The Morgan fingerprint density at radius 2 is 1.86 bits per heavy atom. The number of aromatic nitrogens is 1. The summed E-state index contributed by atoms with van der Waals surface area (Å²) in [4.78, 5) is 4.56. The van der Waals surface area contributed by atoms with Crippen molar-refractivity contribution in [3.8, 4) is 11.3 Å². The average molecular weight is 324 g/mol. The van der Waals surface area contributed by atoms with Gasteiger partial charge in [-0.1, -0.05) is 41.9 Å². The fourth-order valence-electron chi connectivity index (χ4n) is 2.56. The van der Waals surface area contributed by atoms with Gasteiger partial charge in [0.15, 0.2) is 0 Å². The van der Waals surface area contributed by atoms with E-state index in [1.807, 2.05) is 30.3 Å². The Morgan fingerprint density at radius 1 is 1.14 bits per heavy atom. The molecule has 2 heterocycles. The van der Waals surface area contributed by atoms with Crippen LogP contribution in [0.15, 0.2) is 30.3 Å². The summed E-state index contributed by atoms with van der Waals surface area (Å²) < 4.78 is 4.53. The molecule has 0 saturated carbocycles. The predicted octanol–water partition coefficient (Wildman–Crippen LogP) is 2.58. The van der Waals surface area contributed by atoms with Gasteiger partial charge in [0, 0.05) is 38.3 Å². The van der Waals surface area contributed by atoms with Gasteiger partial charge in [-0.25, -0.2) is 0 Å². The second kappa shape index (κ2) is 6.75. The van der Waals surface area contributed by atoms with E-state index in [4.69, 9.17) is 16.7 Å². The zero-order chi connectivity index (χ0) is 14.7. The monoisotopic (exact) mass is 323 g/mol. The smallest absolute Gasteiger partial charge is 0.131 e. The molecule has 6 heteroatoms. The number of piperazine rings is 1. The van der Waals surface area contributed by atoms with Crippen molar-refractivity contribution >= 4 is 28.1 Å². The third-order valence-corrected chi connectivity index (χ3v) is 5.12. The van der Waals surface area contributed by atoms with Crippen LogP contribution in [0.5, 0.6) is 0 Å². The molecule has 0 unspecified atom stereocenters. The Labute approximate surface area is 133 Å². The van der Waals surface area contributed by atoms with Crippen LogP contribution in [0.2, 0.25) is 5.02 Å². The zero-order valence-electron chi connectivity index (χ0n) is 11.7. The standard InChI is InChI=1S/C15H18ClN3OS/c16-13-14(12-4-2-1-3-5-12)17-21-15(13)19-8-6-18(7-9-19)10-11-20/h1-5,20H,6-11H2. The third-order valence-electron chi connectivity index (χ3n) is 3.74. The summed E-state index contributed by atoms with van der Waals surface area (Å²) in [5, 5.41) is 10.8. The number of aliphatic hydroxyl groups excluding tert-OH is 1. The Bertz CT molecular complexity index is 582. The van der Waals surface area contributed by atoms with Crippen LogP contribution in [0.4, 0.5) is 5.00 Å². The highest BCUT2D eigenvalue weighted by molar-refractivity contribution is 7.11. The Kier molecular flexibility index (Phi) is 4.75. The van der Waals surface area contributed by atoms with Gasteiger partial charge in [-0.3, -0.25) is 4.90 Å². The SMILES string of the molecule is OCCN1CCN(c2snc(-c3ccccc3)c2Cl)CC1. The molecule has 3 rings (SSSR count). The highest BCUT2D eigenvalue weighted by atomic mass is 35.5. The van der Waals surface area contributed by atoms with Crippen molar-refractivity contribution in [2.24, 2.45) is 0 Å². The quantitative estimate of drug-likeness (QED) is 0.938. The van der Waals surface area contributed by atoms with E-state index in [2.05, 4.69) is 14.2 Å². The van der Waals surface area contributed by atoms with E-state index in [9.17, 15) is 0 Å². The second-order valence-electron chi connectivity index (χ2n) is 5.07. The Hall–Kier alpha value is -1.14. The van der Waals surface area contributed by atoms with Crippen molar-refractivity contribution in [1.29, 1.82) is 0 Å². The molecule has 0 bridgehead atoms. The molecule has 0 spiro atoms. The second-order valence-corrected chi connectivity index (χ2v) is 6.20. The van der Waals surface area contributed by atoms with Gasteiger partial charge < -0.3 is 10.0 Å². The first-order chi connectivity index (χ1) is 10.3. The molecule has 0 radical (unpaired) electrons. The number of halogens is 1. The van der Waals surface area contributed by atoms with Crippen LogP contribution < -0.4 is 4.90 Å². The lowest BCUT2D eigenvalue weighted by molar-refractivity contribution is 0.189. The third kappa shape index (κ3) is 3.21. The van der Waals surface area contributed by atoms with E-state index in [-0.39, 0.29) is 6.61 Å². The molecule has 1 aliphatic heterocycles. The van der Waals surface area contributed by atoms with E-state index in [0.29, 0.717) is 0 Å². The first-order valence-electron chi connectivity index (χ1n) is 7.08. The molecule has 1 aliphatic rings. The van der Waals surface area contributed by atoms with Crippen LogP contribution in [0, 0.1) is 0 Å². The van der Waals surface area contributed by atoms with E-state index in [1.54, 1.807) is 0 Å². The van der Waals surface area contributed by atoms with E-state index in [1.165, 1.54) is 11.5 Å². The molecule has 1 aromatic carbocycles. The van der Waals surface area contributed by atoms with Gasteiger partial charge in [0.25, 0.3) is 0 Å². The van der Waals surface area contributed by atoms with Crippen molar-refractivity contribution in [1.82, 2.24) is 9.27 Å². The normalized spacial score (nSPS) is 16.4. The van der Waals surface area contributed by atoms with Crippen LogP contribution in [0.3, 0.4) is 0 Å². The van der Waals surface area contributed by atoms with E-state index < -0.39 is 0 Å². The zero-order valence-corrected chi connectivity index (χ0v) is 13.3. The molecule has 4 nitrogen and oxygen atoms in total. The summed E-state index contributed by atoms with van der Waals surface area (Å²) in [6, 6.07) is 10.1. The molecule has 1 saturated heterocycles. The fourth-order valence-corrected chi connectivity index (χ4v) is 3.83. The number of hydrogen-bond acceptors (Lipinski definition) is 5. The number of β-amino-alcohol motifs (C(OH)–C–C–N with tert-alkyl or cyclic N) is 1. The van der Waals surface area contributed by atoms with Crippen LogP contribution >= 0.6 is 23.1 Å². The molecular weight excluding hydrogens is 306 g/mol. The predicted molar refractivity (Wildman–Crippen MR) is 88.3 cm³/mol. The van der Waals surface area contributed by atoms with Crippen molar-refractivity contribution in [2.75, 3.05) is 44.2 Å². The largest absolute Gasteiger partial charge is 0.395 e. The molecule has 0 amide bonds. The van der Waals surface area contributed by atoms with Crippen LogP contribution in [-0.2, 0) is 0 Å². The maximum absolute atomic E-state index is 8.99. The summed E-state index contributed by atoms with van der Waals surface area (Å²) in [5.74, 6) is 0. The Morgan fingerprint density at radius 3 is 2.52 bits per heavy atom. The number of hydrogen-bond donors (Lipinski definition) is 1. The average Bonchev–Trinajstić information content (AvgIpc) is 2.91. The van der Waals surface area contributed by atoms with E-state index in [0.717, 1.165) is 54.0 Å². The minimum absolute atomic E-state index is 0.222. The highest BCUT2D eigenvalue weighted by Crippen LogP contribution is 2.39. The van der Waals surface area contributed by atoms with Gasteiger partial charge in [-0.05, 0) is 11.5 Å². The summed E-state index contributed by atoms with van der Waals surface area (Å²) in [6.45, 7) is 4.73. The molecule has 1 fully saturated rings. The fraction of sp³-hybridized carbons (Fsp3) is 0.400. The van der Waals surface area contributed by atoms with Gasteiger partial charge in [0.2, 0.25) is 0 Å². The van der Waals surface area contributed by atoms with Gasteiger partial charge >= 0.3 is 0 Å². The molecule has 21 heavy (non-hydrogen) atoms. The van der Waals surface area contributed by atoms with Crippen molar-refractivity contribution < 1.29 is 5.11 Å². The lowest BCUT2D eigenvalue weighted by atomic mass is 10.1. The van der Waals surface area contributed by atoms with Gasteiger partial charge in [-0.2, -0.15) is 4.37 Å². The van der Waals surface area contributed by atoms with Crippen LogP contribution in [-0.4, -0.2) is 53.7 Å². The lowest BCUT2D eigenvalue weighted by Gasteiger charge is -2.34. The summed E-state index contributed by atoms with van der Waals surface area (Å²) in [5.41, 5.74) is 1.93. The molecule has 0 aliphatic carbocycles.